The van der Waals surface area contributed by atoms with E-state index in [9.17, 15) is 0 Å². The number of hydrogen-bond acceptors (Lipinski definition) is 3. The molecule has 1 N–H and O–H groups in total. The average Bonchev–Trinajstić information content (AvgIpc) is 3.09. The van der Waals surface area contributed by atoms with Gasteiger partial charge >= 0.3 is 0 Å². The van der Waals surface area contributed by atoms with E-state index in [-0.39, 0.29) is 5.60 Å². The summed E-state index contributed by atoms with van der Waals surface area (Å²) in [4.78, 5) is 0. The van der Waals surface area contributed by atoms with Crippen molar-refractivity contribution in [2.45, 2.75) is 50.2 Å². The fraction of sp³-hybridized carbons (Fsp3) is 0.455. The van der Waals surface area contributed by atoms with Gasteiger partial charge in [0, 0.05) is 18.0 Å². The number of rotatable bonds is 6. The van der Waals surface area contributed by atoms with E-state index in [2.05, 4.69) is 29.6 Å². The van der Waals surface area contributed by atoms with Crippen LogP contribution in [0.1, 0.15) is 50.1 Å². The molecule has 1 fully saturated rings. The van der Waals surface area contributed by atoms with Gasteiger partial charge in [-0.1, -0.05) is 36.4 Å². The number of nitrogens with one attached hydrogen (secondary N) is 1. The minimum Gasteiger partial charge on any atom is -0.494 e. The van der Waals surface area contributed by atoms with E-state index in [0.29, 0.717) is 6.04 Å². The normalized spacial score (nSPS) is 20.9. The van der Waals surface area contributed by atoms with E-state index in [1.165, 1.54) is 31.2 Å². The number of hydrogen-bond donors (Lipinski definition) is 1. The zero-order valence-electron chi connectivity index (χ0n) is 14.7. The van der Waals surface area contributed by atoms with Gasteiger partial charge in [-0.3, -0.25) is 0 Å². The van der Waals surface area contributed by atoms with E-state index < -0.39 is 0 Å². The average molecular weight is 337 g/mol. The van der Waals surface area contributed by atoms with Crippen molar-refractivity contribution in [3.63, 3.8) is 0 Å². The van der Waals surface area contributed by atoms with Crippen LogP contribution in [0, 0.1) is 0 Å². The SMILES string of the molecule is c1ccc(OCCCNC2CC3(CCCC3)Oc3ccccc32)cc1. The molecule has 25 heavy (non-hydrogen) atoms. The molecular weight excluding hydrogens is 310 g/mol. The summed E-state index contributed by atoms with van der Waals surface area (Å²) in [6.07, 6.45) is 7.05. The van der Waals surface area contributed by atoms with E-state index >= 15 is 0 Å². The Kier molecular flexibility index (Phi) is 4.93. The van der Waals surface area contributed by atoms with Crippen LogP contribution in [0.5, 0.6) is 11.5 Å². The first kappa shape index (κ1) is 16.5. The molecule has 0 saturated heterocycles. The largest absolute Gasteiger partial charge is 0.494 e. The predicted octanol–water partition coefficient (Wildman–Crippen LogP) is 4.88. The Labute approximate surface area is 150 Å². The van der Waals surface area contributed by atoms with Gasteiger partial charge in [-0.05, 0) is 56.8 Å². The molecule has 0 radical (unpaired) electrons. The maximum absolute atomic E-state index is 6.43. The monoisotopic (exact) mass is 337 g/mol. The quantitative estimate of drug-likeness (QED) is 0.762. The molecule has 3 heteroatoms. The van der Waals surface area contributed by atoms with Crippen LogP contribution in [-0.2, 0) is 0 Å². The van der Waals surface area contributed by atoms with Crippen LogP contribution >= 0.6 is 0 Å². The third kappa shape index (κ3) is 3.82. The van der Waals surface area contributed by atoms with Gasteiger partial charge in [-0.25, -0.2) is 0 Å². The van der Waals surface area contributed by atoms with E-state index in [1.807, 2.05) is 30.3 Å². The highest BCUT2D eigenvalue weighted by Crippen LogP contribution is 2.46. The summed E-state index contributed by atoms with van der Waals surface area (Å²) in [5.74, 6) is 2.03. The maximum atomic E-state index is 6.43. The molecule has 1 saturated carbocycles. The van der Waals surface area contributed by atoms with Crippen molar-refractivity contribution >= 4 is 0 Å². The first-order chi connectivity index (χ1) is 12.3. The standard InChI is InChI=1S/C22H27NO2/c1-2-9-18(10-3-1)24-16-8-15-23-20-17-22(13-6-7-14-22)25-21-12-5-4-11-19(20)21/h1-5,9-12,20,23H,6-8,13-17H2. The van der Waals surface area contributed by atoms with Crippen molar-refractivity contribution in [2.75, 3.05) is 13.2 Å². The number of ether oxygens (including phenoxy) is 2. The lowest BCUT2D eigenvalue weighted by molar-refractivity contribution is 0.0366. The second kappa shape index (κ2) is 7.49. The minimum absolute atomic E-state index is 0.0621. The number of para-hydroxylation sites is 2. The van der Waals surface area contributed by atoms with Crippen molar-refractivity contribution in [1.82, 2.24) is 5.32 Å². The van der Waals surface area contributed by atoms with Gasteiger partial charge in [-0.15, -0.1) is 0 Å². The van der Waals surface area contributed by atoms with Crippen molar-refractivity contribution in [2.24, 2.45) is 0 Å². The van der Waals surface area contributed by atoms with Gasteiger partial charge in [0.25, 0.3) is 0 Å². The van der Waals surface area contributed by atoms with Crippen molar-refractivity contribution in [3.8, 4) is 11.5 Å². The Bertz CT molecular complexity index is 679. The van der Waals surface area contributed by atoms with Crippen LogP contribution in [0.15, 0.2) is 54.6 Å². The molecule has 1 aliphatic carbocycles. The molecule has 1 aliphatic heterocycles. The fourth-order valence-corrected chi connectivity index (χ4v) is 4.18. The van der Waals surface area contributed by atoms with Crippen LogP contribution in [0.3, 0.4) is 0 Å². The summed E-state index contributed by atoms with van der Waals surface area (Å²) >= 11 is 0. The molecule has 0 amide bonds. The van der Waals surface area contributed by atoms with Crippen molar-refractivity contribution in [1.29, 1.82) is 0 Å². The van der Waals surface area contributed by atoms with Crippen LogP contribution < -0.4 is 14.8 Å². The highest BCUT2D eigenvalue weighted by atomic mass is 16.5. The highest BCUT2D eigenvalue weighted by molar-refractivity contribution is 5.39. The minimum atomic E-state index is 0.0621. The highest BCUT2D eigenvalue weighted by Gasteiger charge is 2.42. The first-order valence-corrected chi connectivity index (χ1v) is 9.54. The Morgan fingerprint density at radius 2 is 1.76 bits per heavy atom. The molecule has 1 atom stereocenters. The summed E-state index contributed by atoms with van der Waals surface area (Å²) in [6.45, 7) is 1.70. The zero-order valence-corrected chi connectivity index (χ0v) is 14.7. The molecule has 2 aromatic carbocycles. The van der Waals surface area contributed by atoms with Gasteiger partial charge in [0.1, 0.15) is 17.1 Å². The molecule has 4 rings (SSSR count). The summed E-state index contributed by atoms with van der Waals surface area (Å²) in [7, 11) is 0. The van der Waals surface area contributed by atoms with Crippen LogP contribution in [0.25, 0.3) is 0 Å². The van der Waals surface area contributed by atoms with Crippen LogP contribution in [0.4, 0.5) is 0 Å². The lowest BCUT2D eigenvalue weighted by Gasteiger charge is -2.40. The summed E-state index contributed by atoms with van der Waals surface area (Å²) in [6, 6.07) is 18.9. The summed E-state index contributed by atoms with van der Waals surface area (Å²) in [5.41, 5.74) is 1.37. The molecule has 3 nitrogen and oxygen atoms in total. The van der Waals surface area contributed by atoms with Gasteiger partial charge < -0.3 is 14.8 Å². The Balaban J connectivity index is 1.33. The maximum Gasteiger partial charge on any atom is 0.124 e. The number of fused-ring (bicyclic) bond motifs is 1. The van der Waals surface area contributed by atoms with E-state index in [0.717, 1.165) is 37.5 Å². The topological polar surface area (TPSA) is 30.5 Å². The molecule has 132 valence electrons. The Hall–Kier alpha value is -2.00. The lowest BCUT2D eigenvalue weighted by atomic mass is 9.86. The van der Waals surface area contributed by atoms with Crippen molar-refractivity contribution < 1.29 is 9.47 Å². The fourth-order valence-electron chi connectivity index (χ4n) is 4.18. The molecule has 0 aromatic heterocycles. The molecule has 1 unspecified atom stereocenters. The van der Waals surface area contributed by atoms with E-state index in [1.54, 1.807) is 0 Å². The summed E-state index contributed by atoms with van der Waals surface area (Å²) < 4.78 is 12.2. The second-order valence-corrected chi connectivity index (χ2v) is 7.26. The molecule has 1 heterocycles. The summed E-state index contributed by atoms with van der Waals surface area (Å²) in [5, 5.41) is 3.76. The molecule has 0 bridgehead atoms. The number of benzene rings is 2. The predicted molar refractivity (Wildman–Crippen MR) is 100 cm³/mol. The third-order valence-corrected chi connectivity index (χ3v) is 5.44. The van der Waals surface area contributed by atoms with Gasteiger partial charge in [0.2, 0.25) is 0 Å². The molecule has 2 aromatic rings. The van der Waals surface area contributed by atoms with Gasteiger partial charge in [-0.2, -0.15) is 0 Å². The second-order valence-electron chi connectivity index (χ2n) is 7.26. The lowest BCUT2D eigenvalue weighted by Crippen LogP contribution is -2.42. The van der Waals surface area contributed by atoms with Crippen LogP contribution in [0.2, 0.25) is 0 Å². The molecule has 1 spiro atoms. The van der Waals surface area contributed by atoms with Crippen LogP contribution in [-0.4, -0.2) is 18.8 Å². The van der Waals surface area contributed by atoms with Crippen molar-refractivity contribution in [3.05, 3.63) is 60.2 Å². The van der Waals surface area contributed by atoms with Gasteiger partial charge in [0.05, 0.1) is 6.61 Å². The smallest absolute Gasteiger partial charge is 0.124 e. The molecular formula is C22H27NO2. The molecule has 2 aliphatic rings. The Morgan fingerprint density at radius 3 is 2.60 bits per heavy atom. The Morgan fingerprint density at radius 1 is 1.00 bits per heavy atom. The third-order valence-electron chi connectivity index (χ3n) is 5.44. The zero-order chi connectivity index (χ0) is 17.0. The first-order valence-electron chi connectivity index (χ1n) is 9.54. The van der Waals surface area contributed by atoms with Gasteiger partial charge in [0.15, 0.2) is 0 Å². The van der Waals surface area contributed by atoms with E-state index in [4.69, 9.17) is 9.47 Å².